The number of nitrogens with one attached hydrogen (secondary N) is 1. The molecule has 0 aromatic rings. The second kappa shape index (κ2) is 21.0. The first kappa shape index (κ1) is 28.2. The molecule has 6 heteroatoms. The van der Waals surface area contributed by atoms with Gasteiger partial charge in [-0.3, -0.25) is 4.79 Å². The molecule has 178 valence electrons. The number of ether oxygens (including phenoxy) is 2. The summed E-state index contributed by atoms with van der Waals surface area (Å²) < 4.78 is 11.7. The monoisotopic (exact) mass is 459 g/mol. The third-order valence-corrected chi connectivity index (χ3v) is 9.99. The van der Waals surface area contributed by atoms with Crippen molar-refractivity contribution in [1.29, 1.82) is 0 Å². The Bertz CT molecular complexity index is 391. The van der Waals surface area contributed by atoms with Gasteiger partial charge in [0.1, 0.15) is 15.8 Å². The number of thioether (sulfide) groups is 1. The highest BCUT2D eigenvalue weighted by Crippen LogP contribution is 2.17. The Morgan fingerprint density at radius 2 is 1.70 bits per heavy atom. The van der Waals surface area contributed by atoms with E-state index in [1.54, 1.807) is 6.92 Å². The molecule has 4 nitrogen and oxygen atoms in total. The summed E-state index contributed by atoms with van der Waals surface area (Å²) in [6, 6.07) is 2.66. The van der Waals surface area contributed by atoms with Crippen molar-refractivity contribution in [2.45, 2.75) is 122 Å². The van der Waals surface area contributed by atoms with Crippen LogP contribution in [-0.4, -0.2) is 45.9 Å². The van der Waals surface area contributed by atoms with E-state index < -0.39 is 8.96 Å². The van der Waals surface area contributed by atoms with Crippen LogP contribution in [0, 0.1) is 0 Å². The topological polar surface area (TPSA) is 47.6 Å². The first-order valence-corrected chi connectivity index (χ1v) is 16.0. The van der Waals surface area contributed by atoms with Crippen molar-refractivity contribution in [3.8, 4) is 0 Å². The largest absolute Gasteiger partial charge is 0.355 e. The van der Waals surface area contributed by atoms with Crippen molar-refractivity contribution >= 4 is 25.8 Å². The van der Waals surface area contributed by atoms with E-state index in [0.717, 1.165) is 25.3 Å². The predicted molar refractivity (Wildman–Crippen MR) is 134 cm³/mol. The van der Waals surface area contributed by atoms with Gasteiger partial charge in [-0.2, -0.15) is 0 Å². The number of hydrogen-bond acceptors (Lipinski definition) is 5. The van der Waals surface area contributed by atoms with Crippen LogP contribution in [0.3, 0.4) is 0 Å². The summed E-state index contributed by atoms with van der Waals surface area (Å²) in [4.78, 5) is 14.8. The Labute approximate surface area is 192 Å². The van der Waals surface area contributed by atoms with E-state index in [-0.39, 0.29) is 5.12 Å². The summed E-state index contributed by atoms with van der Waals surface area (Å²) >= 11 is 1.47. The zero-order valence-electron chi connectivity index (χ0n) is 19.9. The van der Waals surface area contributed by atoms with Gasteiger partial charge in [0.15, 0.2) is 5.12 Å². The van der Waals surface area contributed by atoms with Crippen LogP contribution in [0.15, 0.2) is 0 Å². The molecule has 0 bridgehead atoms. The van der Waals surface area contributed by atoms with Crippen LogP contribution in [0.2, 0.25) is 12.1 Å². The van der Waals surface area contributed by atoms with Gasteiger partial charge in [-0.25, -0.2) is 0 Å². The lowest BCUT2D eigenvalue weighted by Crippen LogP contribution is -2.38. The van der Waals surface area contributed by atoms with Gasteiger partial charge in [0.25, 0.3) is 0 Å². The molecular formula is C24H49NO3SSi. The van der Waals surface area contributed by atoms with E-state index in [2.05, 4.69) is 11.9 Å². The maximum Gasteiger partial charge on any atom is 0.185 e. The fraction of sp³-hybridized carbons (Fsp3) is 0.958. The van der Waals surface area contributed by atoms with Gasteiger partial charge >= 0.3 is 0 Å². The average molecular weight is 460 g/mol. The van der Waals surface area contributed by atoms with Crippen molar-refractivity contribution in [3.05, 3.63) is 0 Å². The summed E-state index contributed by atoms with van der Waals surface area (Å²) in [6.07, 6.45) is 18.7. The van der Waals surface area contributed by atoms with E-state index in [9.17, 15) is 4.79 Å². The first-order valence-electron chi connectivity index (χ1n) is 12.8. The second-order valence-electron chi connectivity index (χ2n) is 8.85. The van der Waals surface area contributed by atoms with Crippen LogP contribution in [0.5, 0.6) is 0 Å². The summed E-state index contributed by atoms with van der Waals surface area (Å²) in [5.41, 5.74) is 0. The van der Waals surface area contributed by atoms with Crippen LogP contribution in [0.4, 0.5) is 0 Å². The van der Waals surface area contributed by atoms with E-state index in [4.69, 9.17) is 9.47 Å². The van der Waals surface area contributed by atoms with Gasteiger partial charge in [0.2, 0.25) is 0 Å². The molecule has 30 heavy (non-hydrogen) atoms. The fourth-order valence-corrected chi connectivity index (χ4v) is 7.73. The maximum absolute atomic E-state index is 11.0. The number of carbonyl (C=O) groups excluding carboxylic acids is 1. The van der Waals surface area contributed by atoms with E-state index >= 15 is 0 Å². The van der Waals surface area contributed by atoms with Crippen molar-refractivity contribution < 1.29 is 14.3 Å². The third-order valence-electron chi connectivity index (χ3n) is 6.01. The number of rotatable bonds is 18. The zero-order valence-corrected chi connectivity index (χ0v) is 21.9. The minimum atomic E-state index is -0.815. The summed E-state index contributed by atoms with van der Waals surface area (Å²) in [6.45, 7) is 6.33. The quantitative estimate of drug-likeness (QED) is 0.145. The highest BCUT2D eigenvalue weighted by molar-refractivity contribution is 8.13. The van der Waals surface area contributed by atoms with Crippen LogP contribution in [0.1, 0.15) is 104 Å². The lowest BCUT2D eigenvalue weighted by Gasteiger charge is -2.25. The minimum absolute atomic E-state index is 0.248. The van der Waals surface area contributed by atoms with Gasteiger partial charge in [-0.05, 0) is 44.3 Å². The van der Waals surface area contributed by atoms with Crippen LogP contribution >= 0.6 is 11.8 Å². The third kappa shape index (κ3) is 17.8. The summed E-state index contributed by atoms with van der Waals surface area (Å²) in [7, 11) is -0.815. The van der Waals surface area contributed by atoms with E-state index in [1.165, 1.54) is 107 Å². The van der Waals surface area contributed by atoms with Gasteiger partial charge in [0.05, 0.1) is 6.10 Å². The molecule has 0 aromatic carbocycles. The Hall–Kier alpha value is 0.117. The highest BCUT2D eigenvalue weighted by Gasteiger charge is 2.17. The molecule has 1 aliphatic heterocycles. The molecule has 0 spiro atoms. The minimum Gasteiger partial charge on any atom is -0.355 e. The Kier molecular flexibility index (Phi) is 19.7. The Morgan fingerprint density at radius 3 is 2.40 bits per heavy atom. The molecule has 1 aliphatic rings. The van der Waals surface area contributed by atoms with Crippen molar-refractivity contribution in [2.24, 2.45) is 0 Å². The molecule has 1 N–H and O–H groups in total. The average Bonchev–Trinajstić information content (AvgIpc) is 2.71. The lowest BCUT2D eigenvalue weighted by molar-refractivity contribution is -0.109. The number of carbonyl (C=O) groups is 1. The van der Waals surface area contributed by atoms with Crippen LogP contribution in [-0.2, 0) is 14.3 Å². The maximum atomic E-state index is 11.0. The van der Waals surface area contributed by atoms with Gasteiger partial charge in [-0.15, -0.1) is 0 Å². The number of hydrogen-bond donors (Lipinski definition) is 1. The molecule has 0 aliphatic carbocycles. The van der Waals surface area contributed by atoms with Gasteiger partial charge < -0.3 is 14.5 Å². The molecule has 0 amide bonds. The molecule has 1 fully saturated rings. The first-order chi connectivity index (χ1) is 14.7. The molecular weight excluding hydrogens is 410 g/mol. The molecule has 0 saturated carbocycles. The molecule has 1 saturated heterocycles. The smallest absolute Gasteiger partial charge is 0.185 e. The van der Waals surface area contributed by atoms with E-state index in [0.29, 0.717) is 12.9 Å². The fourth-order valence-electron chi connectivity index (χ4n) is 4.14. The van der Waals surface area contributed by atoms with Crippen LogP contribution in [0.25, 0.3) is 0 Å². The van der Waals surface area contributed by atoms with Crippen molar-refractivity contribution in [1.82, 2.24) is 4.98 Å². The van der Waals surface area contributed by atoms with E-state index in [1.807, 2.05) is 0 Å². The van der Waals surface area contributed by atoms with Crippen LogP contribution < -0.4 is 4.98 Å². The molecule has 2 unspecified atom stereocenters. The van der Waals surface area contributed by atoms with Gasteiger partial charge in [0, 0.05) is 19.3 Å². The Morgan fingerprint density at radius 1 is 1.00 bits per heavy atom. The summed E-state index contributed by atoms with van der Waals surface area (Å²) in [5, 5.41) is 0.248. The molecule has 0 radical (unpaired) electrons. The molecule has 0 aromatic heterocycles. The Balaban J connectivity index is 1.88. The lowest BCUT2D eigenvalue weighted by atomic mass is 10.1. The highest BCUT2D eigenvalue weighted by atomic mass is 32.2. The predicted octanol–water partition coefficient (Wildman–Crippen LogP) is 6.43. The summed E-state index contributed by atoms with van der Waals surface area (Å²) in [5.74, 6) is 0.989. The number of unbranched alkanes of at least 4 members (excludes halogenated alkanes) is 9. The molecule has 1 rings (SSSR count). The molecule has 2 atom stereocenters. The SMILES string of the molecule is CCCCCCCCCCCCOCOC1CCC[SiH](CCCSC(C)=O)NCC1. The zero-order chi connectivity index (χ0) is 21.7. The van der Waals surface area contributed by atoms with Gasteiger partial charge in [-0.1, -0.05) is 82.9 Å². The molecule has 1 heterocycles. The second-order valence-corrected chi connectivity index (χ2v) is 13.1. The standard InChI is InChI=1S/C24H49NO3SSi/c1-3-4-5-6-7-8-9-10-11-12-18-27-22-28-24-15-13-20-30(25-17-16-24)21-14-19-29-23(2)26/h24-25,30H,3-22H2,1-2H3. The normalized spacial score (nSPS) is 20.1. The van der Waals surface area contributed by atoms with Crippen molar-refractivity contribution in [3.63, 3.8) is 0 Å². The van der Waals surface area contributed by atoms with Crippen molar-refractivity contribution in [2.75, 3.05) is 25.7 Å².